The highest BCUT2D eigenvalue weighted by Gasteiger charge is 2.11. The molecule has 4 nitrogen and oxygen atoms in total. The molecule has 1 N–H and O–H groups in total. The first-order valence-electron chi connectivity index (χ1n) is 8.69. The van der Waals surface area contributed by atoms with E-state index >= 15 is 0 Å². The van der Waals surface area contributed by atoms with E-state index in [4.69, 9.17) is 9.84 Å². The van der Waals surface area contributed by atoms with Crippen molar-refractivity contribution in [2.75, 3.05) is 0 Å². The van der Waals surface area contributed by atoms with Crippen molar-refractivity contribution in [2.24, 2.45) is 0 Å². The molecule has 0 spiro atoms. The van der Waals surface area contributed by atoms with Gasteiger partial charge in [0.1, 0.15) is 18.2 Å². The molecule has 0 fully saturated rings. The Bertz CT molecular complexity index is 1130. The summed E-state index contributed by atoms with van der Waals surface area (Å²) in [5.41, 5.74) is 2.94. The smallest absolute Gasteiger partial charge is 0.335 e. The van der Waals surface area contributed by atoms with E-state index in [1.165, 1.54) is 24.3 Å². The van der Waals surface area contributed by atoms with E-state index < -0.39 is 5.97 Å². The van der Waals surface area contributed by atoms with Crippen LogP contribution in [0.4, 0.5) is 4.39 Å². The number of nitrogens with zero attached hydrogens (tertiary/aromatic N) is 1. The zero-order chi connectivity index (χ0) is 21.7. The fraction of sp³-hybridized carbons (Fsp3) is 0.0435. The van der Waals surface area contributed by atoms with Crippen molar-refractivity contribution in [1.29, 1.82) is 5.26 Å². The van der Waals surface area contributed by atoms with Gasteiger partial charge in [0.25, 0.3) is 0 Å². The number of aromatic carboxylic acids is 1. The quantitative estimate of drug-likeness (QED) is 0.196. The van der Waals surface area contributed by atoms with Crippen LogP contribution in [0.15, 0.2) is 60.7 Å². The van der Waals surface area contributed by atoms with Gasteiger partial charge in [-0.25, -0.2) is 9.18 Å². The Morgan fingerprint density at radius 1 is 1.03 bits per heavy atom. The Hall–Kier alpha value is -2.45. The minimum Gasteiger partial charge on any atom is -0.487 e. The summed E-state index contributed by atoms with van der Waals surface area (Å²) in [5, 5.41) is 18.6. The number of halogens is 3. The van der Waals surface area contributed by atoms with Crippen molar-refractivity contribution in [3.8, 4) is 11.8 Å². The summed E-state index contributed by atoms with van der Waals surface area (Å²) in [6, 6.07) is 18.3. The normalized spacial score (nSPS) is 11.1. The first-order valence-corrected chi connectivity index (χ1v) is 10.8. The SMILES string of the molecule is N#C/C(=C/c1cc(I)c(OCc2ccc(F)cc2)c(I)c1)c1ccc(C(=O)O)cc1. The second kappa shape index (κ2) is 10.0. The number of carbonyl (C=O) groups is 1. The molecule has 0 radical (unpaired) electrons. The van der Waals surface area contributed by atoms with Crippen molar-refractivity contribution in [3.05, 3.63) is 95.9 Å². The lowest BCUT2D eigenvalue weighted by Gasteiger charge is -2.12. The molecule has 0 unspecified atom stereocenters. The molecular weight excluding hydrogens is 611 g/mol. The predicted octanol–water partition coefficient (Wildman–Crippen LogP) is 6.38. The summed E-state index contributed by atoms with van der Waals surface area (Å²) < 4.78 is 20.7. The molecule has 7 heteroatoms. The minimum atomic E-state index is -1.01. The maximum atomic E-state index is 13.0. The van der Waals surface area contributed by atoms with Crippen molar-refractivity contribution >= 4 is 62.8 Å². The summed E-state index contributed by atoms with van der Waals surface area (Å²) in [6.45, 7) is 0.320. The number of allylic oxidation sites excluding steroid dienone is 1. The second-order valence-electron chi connectivity index (χ2n) is 6.28. The summed E-state index contributed by atoms with van der Waals surface area (Å²) in [4.78, 5) is 11.0. The van der Waals surface area contributed by atoms with E-state index in [2.05, 4.69) is 51.3 Å². The Morgan fingerprint density at radius 3 is 2.13 bits per heavy atom. The van der Waals surface area contributed by atoms with Gasteiger partial charge in [0.2, 0.25) is 0 Å². The molecule has 3 aromatic carbocycles. The molecule has 3 rings (SSSR count). The molecule has 0 bridgehead atoms. The number of hydrogen-bond donors (Lipinski definition) is 1. The Labute approximate surface area is 200 Å². The van der Waals surface area contributed by atoms with E-state index in [1.54, 1.807) is 30.3 Å². The molecule has 0 saturated heterocycles. The van der Waals surface area contributed by atoms with Crippen LogP contribution in [0.5, 0.6) is 5.75 Å². The number of ether oxygens (including phenoxy) is 1. The van der Waals surface area contributed by atoms with Crippen LogP contribution in [-0.2, 0) is 6.61 Å². The van der Waals surface area contributed by atoms with E-state index in [9.17, 15) is 14.4 Å². The minimum absolute atomic E-state index is 0.169. The fourth-order valence-electron chi connectivity index (χ4n) is 2.68. The molecule has 0 saturated carbocycles. The van der Waals surface area contributed by atoms with Crippen LogP contribution in [-0.4, -0.2) is 11.1 Å². The highest BCUT2D eigenvalue weighted by molar-refractivity contribution is 14.1. The highest BCUT2D eigenvalue weighted by atomic mass is 127. The Morgan fingerprint density at radius 2 is 1.60 bits per heavy atom. The molecule has 0 heterocycles. The second-order valence-corrected chi connectivity index (χ2v) is 8.61. The van der Waals surface area contributed by atoms with Crippen LogP contribution >= 0.6 is 45.2 Å². The third-order valence-corrected chi connectivity index (χ3v) is 5.79. The summed E-state index contributed by atoms with van der Waals surface area (Å²) >= 11 is 4.36. The molecule has 0 aromatic heterocycles. The van der Waals surface area contributed by atoms with Gasteiger partial charge < -0.3 is 9.84 Å². The van der Waals surface area contributed by atoms with Gasteiger partial charge in [0, 0.05) is 0 Å². The number of carboxylic acid groups (broad SMARTS) is 1. The van der Waals surface area contributed by atoms with Gasteiger partial charge in [-0.05, 0) is 104 Å². The van der Waals surface area contributed by atoms with Crippen molar-refractivity contribution in [3.63, 3.8) is 0 Å². The van der Waals surface area contributed by atoms with E-state index in [-0.39, 0.29) is 11.4 Å². The fourth-order valence-corrected chi connectivity index (χ4v) is 4.80. The zero-order valence-electron chi connectivity index (χ0n) is 15.4. The maximum absolute atomic E-state index is 13.0. The van der Waals surface area contributed by atoms with Gasteiger partial charge in [-0.1, -0.05) is 24.3 Å². The largest absolute Gasteiger partial charge is 0.487 e. The molecule has 3 aromatic rings. The van der Waals surface area contributed by atoms with Crippen LogP contribution in [0.3, 0.4) is 0 Å². The van der Waals surface area contributed by atoms with E-state index in [1.807, 2.05) is 12.1 Å². The lowest BCUT2D eigenvalue weighted by molar-refractivity contribution is 0.0697. The van der Waals surface area contributed by atoms with Crippen molar-refractivity contribution < 1.29 is 19.0 Å². The van der Waals surface area contributed by atoms with Crippen molar-refractivity contribution in [1.82, 2.24) is 0 Å². The van der Waals surface area contributed by atoms with Gasteiger partial charge in [-0.3, -0.25) is 0 Å². The highest BCUT2D eigenvalue weighted by Crippen LogP contribution is 2.31. The number of nitriles is 1. The molecule has 0 amide bonds. The number of rotatable bonds is 6. The number of carboxylic acids is 1. The lowest BCUT2D eigenvalue weighted by atomic mass is 10.0. The maximum Gasteiger partial charge on any atom is 0.335 e. The summed E-state index contributed by atoms with van der Waals surface area (Å²) in [7, 11) is 0. The average Bonchev–Trinajstić information content (AvgIpc) is 2.73. The molecule has 150 valence electrons. The molecule has 0 aliphatic rings. The van der Waals surface area contributed by atoms with Crippen LogP contribution in [0.2, 0.25) is 0 Å². The molecule has 0 aliphatic heterocycles. The standard InChI is InChI=1S/C23H14FI2NO3/c24-19-7-1-14(2-8-19)13-30-22-20(25)10-15(11-21(22)26)9-18(12-27)16-3-5-17(6-4-16)23(28)29/h1-11H,13H2,(H,28,29)/b18-9-. The van der Waals surface area contributed by atoms with Gasteiger partial charge in [-0.15, -0.1) is 0 Å². The molecule has 0 atom stereocenters. The van der Waals surface area contributed by atoms with Gasteiger partial charge in [0.05, 0.1) is 24.3 Å². The Balaban J connectivity index is 1.83. The monoisotopic (exact) mass is 625 g/mol. The topological polar surface area (TPSA) is 70.3 Å². The summed E-state index contributed by atoms with van der Waals surface area (Å²) in [5.74, 6) is -0.573. The van der Waals surface area contributed by atoms with Crippen LogP contribution in [0.1, 0.15) is 27.0 Å². The van der Waals surface area contributed by atoms with E-state index in [0.29, 0.717) is 17.7 Å². The first-order chi connectivity index (χ1) is 14.4. The van der Waals surface area contributed by atoms with Crippen LogP contribution in [0.25, 0.3) is 11.6 Å². The number of hydrogen-bond acceptors (Lipinski definition) is 3. The molecule has 30 heavy (non-hydrogen) atoms. The van der Waals surface area contributed by atoms with Crippen LogP contribution in [0, 0.1) is 24.3 Å². The third-order valence-electron chi connectivity index (χ3n) is 4.19. The third kappa shape index (κ3) is 5.58. The van der Waals surface area contributed by atoms with E-state index in [0.717, 1.165) is 24.0 Å². The summed E-state index contributed by atoms with van der Waals surface area (Å²) in [6.07, 6.45) is 1.75. The lowest BCUT2D eigenvalue weighted by Crippen LogP contribution is -2.00. The van der Waals surface area contributed by atoms with Crippen molar-refractivity contribution in [2.45, 2.75) is 6.61 Å². The van der Waals surface area contributed by atoms with Crippen LogP contribution < -0.4 is 4.74 Å². The first kappa shape index (κ1) is 22.2. The average molecular weight is 625 g/mol. The number of benzene rings is 3. The van der Waals surface area contributed by atoms with Gasteiger partial charge in [-0.2, -0.15) is 5.26 Å². The molecule has 0 aliphatic carbocycles. The predicted molar refractivity (Wildman–Crippen MR) is 129 cm³/mol. The zero-order valence-corrected chi connectivity index (χ0v) is 19.7. The molecular formula is C23H14FI2NO3. The van der Waals surface area contributed by atoms with Gasteiger partial charge in [0.15, 0.2) is 0 Å². The van der Waals surface area contributed by atoms with Gasteiger partial charge >= 0.3 is 5.97 Å². The Kier molecular flexibility index (Phi) is 7.44.